The van der Waals surface area contributed by atoms with Gasteiger partial charge in [0.2, 0.25) is 0 Å². The Balaban J connectivity index is 1.28. The molecule has 0 unspecified atom stereocenters. The van der Waals surface area contributed by atoms with E-state index in [1.165, 1.54) is 32.4 Å². The summed E-state index contributed by atoms with van der Waals surface area (Å²) in [7, 11) is 0. The summed E-state index contributed by atoms with van der Waals surface area (Å²) in [6.07, 6.45) is 8.51. The van der Waals surface area contributed by atoms with Gasteiger partial charge in [-0.2, -0.15) is 5.10 Å². The van der Waals surface area contributed by atoms with Crippen LogP contribution in [-0.4, -0.2) is 64.4 Å². The fourth-order valence-electron chi connectivity index (χ4n) is 4.10. The second-order valence-corrected chi connectivity index (χ2v) is 7.56. The zero-order valence-electron chi connectivity index (χ0n) is 16.3. The van der Waals surface area contributed by atoms with E-state index >= 15 is 0 Å². The number of benzene rings is 1. The molecular formula is C21H29N5O2. The Morgan fingerprint density at radius 1 is 1.18 bits per heavy atom. The van der Waals surface area contributed by atoms with Crippen molar-refractivity contribution in [3.8, 4) is 5.75 Å². The lowest BCUT2D eigenvalue weighted by Gasteiger charge is -2.37. The molecule has 1 aromatic carbocycles. The molecule has 2 aliphatic rings. The van der Waals surface area contributed by atoms with Crippen LogP contribution in [0.2, 0.25) is 0 Å². The van der Waals surface area contributed by atoms with Gasteiger partial charge in [-0.15, -0.1) is 0 Å². The molecule has 2 amide bonds. The van der Waals surface area contributed by atoms with E-state index in [0.29, 0.717) is 19.2 Å². The highest BCUT2D eigenvalue weighted by molar-refractivity contribution is 5.89. The van der Waals surface area contributed by atoms with Gasteiger partial charge in [0.05, 0.1) is 6.54 Å². The number of nitrogens with zero attached hydrogens (tertiary/aromatic N) is 4. The van der Waals surface area contributed by atoms with Crippen LogP contribution in [0.3, 0.4) is 0 Å². The third-order valence-corrected chi connectivity index (χ3v) is 5.57. The third-order valence-electron chi connectivity index (χ3n) is 5.57. The SMILES string of the molecule is O=C(Nc1cccc(OCCn2cccn2)c1)N1CCC[C@H](N2CCCC2)C1. The third kappa shape index (κ3) is 4.84. The Kier molecular flexibility index (Phi) is 6.11. The summed E-state index contributed by atoms with van der Waals surface area (Å²) in [4.78, 5) is 17.3. The molecule has 4 rings (SSSR count). The van der Waals surface area contributed by atoms with Crippen LogP contribution >= 0.6 is 0 Å². The molecule has 2 aliphatic heterocycles. The first-order valence-electron chi connectivity index (χ1n) is 10.3. The Morgan fingerprint density at radius 3 is 2.89 bits per heavy atom. The van der Waals surface area contributed by atoms with Crippen molar-refractivity contribution >= 4 is 11.7 Å². The minimum absolute atomic E-state index is 0.0161. The number of carbonyl (C=O) groups is 1. The summed E-state index contributed by atoms with van der Waals surface area (Å²) in [6, 6.07) is 9.98. The van der Waals surface area contributed by atoms with Crippen LogP contribution in [-0.2, 0) is 6.54 Å². The second-order valence-electron chi connectivity index (χ2n) is 7.56. The number of piperidine rings is 1. The predicted molar refractivity (Wildman–Crippen MR) is 109 cm³/mol. The van der Waals surface area contributed by atoms with Crippen molar-refractivity contribution in [3.63, 3.8) is 0 Å². The van der Waals surface area contributed by atoms with E-state index < -0.39 is 0 Å². The number of carbonyl (C=O) groups excluding carboxylic acids is 1. The molecule has 1 aromatic heterocycles. The zero-order chi connectivity index (χ0) is 19.2. The largest absolute Gasteiger partial charge is 0.492 e. The average molecular weight is 383 g/mol. The van der Waals surface area contributed by atoms with Gasteiger partial charge in [0.25, 0.3) is 0 Å². The smallest absolute Gasteiger partial charge is 0.321 e. The van der Waals surface area contributed by atoms with Crippen molar-refractivity contribution in [2.45, 2.75) is 38.3 Å². The molecule has 0 bridgehead atoms. The number of hydrogen-bond donors (Lipinski definition) is 1. The van der Waals surface area contributed by atoms with Crippen LogP contribution in [0.5, 0.6) is 5.75 Å². The minimum Gasteiger partial charge on any atom is -0.492 e. The number of anilines is 1. The molecule has 28 heavy (non-hydrogen) atoms. The van der Waals surface area contributed by atoms with Crippen molar-refractivity contribution < 1.29 is 9.53 Å². The lowest BCUT2D eigenvalue weighted by molar-refractivity contribution is 0.132. The van der Waals surface area contributed by atoms with Gasteiger partial charge in [-0.1, -0.05) is 6.07 Å². The van der Waals surface area contributed by atoms with E-state index in [-0.39, 0.29) is 6.03 Å². The van der Waals surface area contributed by atoms with Gasteiger partial charge in [-0.3, -0.25) is 9.58 Å². The van der Waals surface area contributed by atoms with E-state index in [2.05, 4.69) is 15.3 Å². The fraction of sp³-hybridized carbons (Fsp3) is 0.524. The van der Waals surface area contributed by atoms with Gasteiger partial charge in [-0.25, -0.2) is 4.79 Å². The zero-order valence-corrected chi connectivity index (χ0v) is 16.3. The monoisotopic (exact) mass is 383 g/mol. The number of nitrogens with one attached hydrogen (secondary N) is 1. The maximum Gasteiger partial charge on any atom is 0.321 e. The fourth-order valence-corrected chi connectivity index (χ4v) is 4.10. The highest BCUT2D eigenvalue weighted by atomic mass is 16.5. The summed E-state index contributed by atoms with van der Waals surface area (Å²) in [5, 5.41) is 7.20. The maximum atomic E-state index is 12.8. The quantitative estimate of drug-likeness (QED) is 0.833. The van der Waals surface area contributed by atoms with Crippen LogP contribution in [0.4, 0.5) is 10.5 Å². The molecule has 7 nitrogen and oxygen atoms in total. The Hall–Kier alpha value is -2.54. The molecule has 150 valence electrons. The van der Waals surface area contributed by atoms with Crippen LogP contribution in [0.25, 0.3) is 0 Å². The molecule has 0 radical (unpaired) electrons. The summed E-state index contributed by atoms with van der Waals surface area (Å²) in [5.41, 5.74) is 0.768. The second kappa shape index (κ2) is 9.10. The molecule has 0 saturated carbocycles. The van der Waals surface area contributed by atoms with Gasteiger partial charge in [0.15, 0.2) is 0 Å². The first-order valence-corrected chi connectivity index (χ1v) is 10.3. The number of urea groups is 1. The lowest BCUT2D eigenvalue weighted by Crippen LogP contribution is -2.50. The molecule has 3 heterocycles. The summed E-state index contributed by atoms with van der Waals surface area (Å²) < 4.78 is 7.63. The topological polar surface area (TPSA) is 62.6 Å². The van der Waals surface area contributed by atoms with E-state index in [1.807, 2.05) is 46.1 Å². The normalized spacial score (nSPS) is 20.3. The average Bonchev–Trinajstić information content (AvgIpc) is 3.43. The van der Waals surface area contributed by atoms with Crippen LogP contribution in [0.15, 0.2) is 42.7 Å². The minimum atomic E-state index is -0.0161. The van der Waals surface area contributed by atoms with Crippen molar-refractivity contribution in [2.24, 2.45) is 0 Å². The van der Waals surface area contributed by atoms with Gasteiger partial charge in [0, 0.05) is 43.3 Å². The Morgan fingerprint density at radius 2 is 2.07 bits per heavy atom. The molecule has 0 aliphatic carbocycles. The van der Waals surface area contributed by atoms with Gasteiger partial charge >= 0.3 is 6.03 Å². The van der Waals surface area contributed by atoms with Crippen molar-refractivity contribution in [2.75, 3.05) is 38.1 Å². The highest BCUT2D eigenvalue weighted by Gasteiger charge is 2.29. The highest BCUT2D eigenvalue weighted by Crippen LogP contribution is 2.22. The molecule has 2 aromatic rings. The van der Waals surface area contributed by atoms with E-state index in [4.69, 9.17) is 4.74 Å². The molecule has 1 N–H and O–H groups in total. The standard InChI is InChI=1S/C21H29N5O2/c27-21(25-12-4-7-19(17-25)24-10-1-2-11-24)23-18-6-3-8-20(16-18)28-15-14-26-13-5-9-22-26/h3,5-6,8-9,13,16,19H,1-2,4,7,10-12,14-15,17H2,(H,23,27)/t19-/m0/s1. The summed E-state index contributed by atoms with van der Waals surface area (Å²) >= 11 is 0. The number of ether oxygens (including phenoxy) is 1. The maximum absolute atomic E-state index is 12.8. The van der Waals surface area contributed by atoms with Gasteiger partial charge in [0.1, 0.15) is 12.4 Å². The van der Waals surface area contributed by atoms with E-state index in [9.17, 15) is 4.79 Å². The van der Waals surface area contributed by atoms with Crippen molar-refractivity contribution in [1.29, 1.82) is 0 Å². The van der Waals surface area contributed by atoms with Gasteiger partial charge < -0.3 is 15.0 Å². The summed E-state index contributed by atoms with van der Waals surface area (Å²) in [5.74, 6) is 0.749. The van der Waals surface area contributed by atoms with Crippen LogP contribution < -0.4 is 10.1 Å². The van der Waals surface area contributed by atoms with Gasteiger partial charge in [-0.05, 0) is 57.0 Å². The molecule has 7 heteroatoms. The van der Waals surface area contributed by atoms with E-state index in [1.54, 1.807) is 6.20 Å². The van der Waals surface area contributed by atoms with Crippen LogP contribution in [0, 0.1) is 0 Å². The number of hydrogen-bond acceptors (Lipinski definition) is 4. The first-order chi connectivity index (χ1) is 13.8. The van der Waals surface area contributed by atoms with Crippen LogP contribution in [0.1, 0.15) is 25.7 Å². The predicted octanol–water partition coefficient (Wildman–Crippen LogP) is 3.05. The molecular weight excluding hydrogens is 354 g/mol. The molecule has 1 atom stereocenters. The first kappa shape index (κ1) is 18.8. The number of amides is 2. The van der Waals surface area contributed by atoms with Crippen molar-refractivity contribution in [3.05, 3.63) is 42.7 Å². The Labute approximate surface area is 166 Å². The van der Waals surface area contributed by atoms with Crippen molar-refractivity contribution in [1.82, 2.24) is 19.6 Å². The number of aromatic nitrogens is 2. The molecule has 2 saturated heterocycles. The Bertz CT molecular complexity index is 758. The lowest BCUT2D eigenvalue weighted by atomic mass is 10.0. The molecule has 0 spiro atoms. The number of rotatable bonds is 6. The molecule has 2 fully saturated rings. The van der Waals surface area contributed by atoms with E-state index in [0.717, 1.165) is 30.9 Å². The number of likely N-dealkylation sites (tertiary alicyclic amines) is 2. The summed E-state index contributed by atoms with van der Waals surface area (Å²) in [6.45, 7) is 5.23.